The van der Waals surface area contributed by atoms with Crippen molar-refractivity contribution >= 4 is 12.0 Å². The molecular formula is C29H39N3O5. The van der Waals surface area contributed by atoms with Crippen LogP contribution in [0.5, 0.6) is 11.5 Å². The molecule has 0 radical (unpaired) electrons. The predicted molar refractivity (Wildman–Crippen MR) is 142 cm³/mol. The van der Waals surface area contributed by atoms with Gasteiger partial charge in [0.05, 0.1) is 14.2 Å². The highest BCUT2D eigenvalue weighted by Gasteiger charge is 2.32. The molecule has 200 valence electrons. The summed E-state index contributed by atoms with van der Waals surface area (Å²) in [6.07, 6.45) is 4.16. The summed E-state index contributed by atoms with van der Waals surface area (Å²) in [5, 5.41) is 3.12. The van der Waals surface area contributed by atoms with Gasteiger partial charge in [-0.25, -0.2) is 4.79 Å². The van der Waals surface area contributed by atoms with E-state index in [0.29, 0.717) is 30.7 Å². The monoisotopic (exact) mass is 509 g/mol. The van der Waals surface area contributed by atoms with Gasteiger partial charge >= 0.3 is 6.09 Å². The van der Waals surface area contributed by atoms with E-state index in [4.69, 9.17) is 14.2 Å². The first-order valence-electron chi connectivity index (χ1n) is 13.3. The van der Waals surface area contributed by atoms with Crippen LogP contribution in [0, 0.1) is 5.92 Å². The van der Waals surface area contributed by atoms with E-state index in [1.807, 2.05) is 53.4 Å². The minimum atomic E-state index is -0.231. The molecule has 0 atom stereocenters. The Morgan fingerprint density at radius 3 is 2.24 bits per heavy atom. The maximum absolute atomic E-state index is 12.7. The van der Waals surface area contributed by atoms with E-state index in [1.54, 1.807) is 14.2 Å². The number of methoxy groups -OCH3 is 2. The fraction of sp³-hybridized carbons (Fsp3) is 0.517. The Balaban J connectivity index is 1.13. The first-order valence-corrected chi connectivity index (χ1v) is 13.3. The number of hydrogen-bond donors (Lipinski definition) is 1. The molecule has 2 amide bonds. The normalized spacial score (nSPS) is 17.3. The van der Waals surface area contributed by atoms with Gasteiger partial charge < -0.3 is 29.3 Å². The molecule has 2 heterocycles. The molecule has 0 aliphatic carbocycles. The summed E-state index contributed by atoms with van der Waals surface area (Å²) in [6, 6.07) is 16.1. The van der Waals surface area contributed by atoms with Crippen LogP contribution >= 0.6 is 0 Å². The molecule has 0 bridgehead atoms. The molecule has 2 aliphatic rings. The van der Waals surface area contributed by atoms with Crippen molar-refractivity contribution in [2.24, 2.45) is 5.92 Å². The van der Waals surface area contributed by atoms with Crippen LogP contribution in [-0.2, 0) is 22.6 Å². The van der Waals surface area contributed by atoms with E-state index in [9.17, 15) is 9.59 Å². The summed E-state index contributed by atoms with van der Waals surface area (Å²) in [5.74, 6) is 1.62. The van der Waals surface area contributed by atoms with Gasteiger partial charge in [0, 0.05) is 31.6 Å². The largest absolute Gasteiger partial charge is 0.493 e. The van der Waals surface area contributed by atoms with E-state index in [1.165, 1.54) is 0 Å². The lowest BCUT2D eigenvalue weighted by molar-refractivity contribution is -0.126. The third-order valence-electron chi connectivity index (χ3n) is 7.51. The highest BCUT2D eigenvalue weighted by atomic mass is 16.6. The molecule has 8 nitrogen and oxygen atoms in total. The lowest BCUT2D eigenvalue weighted by atomic mass is 9.93. The van der Waals surface area contributed by atoms with Crippen LogP contribution in [0.1, 0.15) is 36.8 Å². The second-order valence-electron chi connectivity index (χ2n) is 9.80. The number of hydrogen-bond acceptors (Lipinski definition) is 6. The Kier molecular flexibility index (Phi) is 9.65. The second-order valence-corrected chi connectivity index (χ2v) is 9.80. The number of carbonyl (C=O) groups excluding carboxylic acids is 2. The van der Waals surface area contributed by atoms with Gasteiger partial charge in [-0.2, -0.15) is 0 Å². The molecule has 0 aromatic heterocycles. The van der Waals surface area contributed by atoms with E-state index < -0.39 is 0 Å². The molecule has 8 heteroatoms. The average Bonchev–Trinajstić information content (AvgIpc) is 2.96. The van der Waals surface area contributed by atoms with Crippen molar-refractivity contribution in [2.45, 2.75) is 44.8 Å². The molecule has 1 N–H and O–H groups in total. The standard InChI is InChI=1S/C29H39N3O5/c1-35-26-9-8-22(20-27(26)36-2)10-15-30-28(33)24-11-16-31(17-12-24)25-13-18-32(19-14-25)29(34)37-21-23-6-4-3-5-7-23/h3-9,20,24-25H,10-19,21H2,1-2H3,(H,30,33). The summed E-state index contributed by atoms with van der Waals surface area (Å²) in [5.41, 5.74) is 2.10. The number of likely N-dealkylation sites (tertiary alicyclic amines) is 2. The van der Waals surface area contributed by atoms with Crippen LogP contribution in [0.25, 0.3) is 0 Å². The van der Waals surface area contributed by atoms with E-state index in [2.05, 4.69) is 10.2 Å². The van der Waals surface area contributed by atoms with Gasteiger partial charge in [0.15, 0.2) is 11.5 Å². The molecule has 0 spiro atoms. The minimum Gasteiger partial charge on any atom is -0.493 e. The van der Waals surface area contributed by atoms with Crippen LogP contribution in [-0.4, -0.2) is 74.8 Å². The number of ether oxygens (including phenoxy) is 3. The first-order chi connectivity index (χ1) is 18.1. The van der Waals surface area contributed by atoms with Gasteiger partial charge in [0.2, 0.25) is 5.91 Å². The third kappa shape index (κ3) is 7.38. The molecule has 2 aliphatic heterocycles. The Morgan fingerprint density at radius 1 is 0.865 bits per heavy atom. The number of piperidine rings is 2. The zero-order valence-corrected chi connectivity index (χ0v) is 22.0. The number of carbonyl (C=O) groups is 2. The van der Waals surface area contributed by atoms with Gasteiger partial charge in [-0.15, -0.1) is 0 Å². The first kappa shape index (κ1) is 26.8. The maximum Gasteiger partial charge on any atom is 0.410 e. The Morgan fingerprint density at radius 2 is 1.57 bits per heavy atom. The lowest BCUT2D eigenvalue weighted by Gasteiger charge is -2.41. The maximum atomic E-state index is 12.7. The molecule has 2 aromatic carbocycles. The summed E-state index contributed by atoms with van der Waals surface area (Å²) in [7, 11) is 3.25. The predicted octanol–water partition coefficient (Wildman–Crippen LogP) is 3.88. The van der Waals surface area contributed by atoms with Crippen molar-refractivity contribution in [3.63, 3.8) is 0 Å². The van der Waals surface area contributed by atoms with Crippen molar-refractivity contribution in [1.29, 1.82) is 0 Å². The van der Waals surface area contributed by atoms with Crippen LogP contribution in [0.2, 0.25) is 0 Å². The zero-order valence-electron chi connectivity index (χ0n) is 22.0. The van der Waals surface area contributed by atoms with Crippen molar-refractivity contribution in [3.8, 4) is 11.5 Å². The van der Waals surface area contributed by atoms with E-state index in [0.717, 1.165) is 69.4 Å². The van der Waals surface area contributed by atoms with Crippen LogP contribution in [0.15, 0.2) is 48.5 Å². The summed E-state index contributed by atoms with van der Waals surface area (Å²) < 4.78 is 16.1. The van der Waals surface area contributed by atoms with Crippen LogP contribution in [0.4, 0.5) is 4.79 Å². The number of nitrogens with one attached hydrogen (secondary N) is 1. The fourth-order valence-corrected chi connectivity index (χ4v) is 5.26. The molecule has 2 saturated heterocycles. The number of rotatable bonds is 9. The quantitative estimate of drug-likeness (QED) is 0.553. The molecule has 2 aromatic rings. The number of nitrogens with zero attached hydrogens (tertiary/aromatic N) is 2. The fourth-order valence-electron chi connectivity index (χ4n) is 5.26. The van der Waals surface area contributed by atoms with Gasteiger partial charge in [0.1, 0.15) is 6.61 Å². The molecule has 37 heavy (non-hydrogen) atoms. The van der Waals surface area contributed by atoms with Crippen LogP contribution < -0.4 is 14.8 Å². The third-order valence-corrected chi connectivity index (χ3v) is 7.51. The molecule has 0 saturated carbocycles. The topological polar surface area (TPSA) is 80.3 Å². The minimum absolute atomic E-state index is 0.0645. The highest BCUT2D eigenvalue weighted by molar-refractivity contribution is 5.78. The SMILES string of the molecule is COc1ccc(CCNC(=O)C2CCN(C3CCN(C(=O)OCc4ccccc4)CC3)CC2)cc1OC. The van der Waals surface area contributed by atoms with Gasteiger partial charge in [-0.05, 0) is 68.5 Å². The van der Waals surface area contributed by atoms with Crippen molar-refractivity contribution in [3.05, 3.63) is 59.7 Å². The van der Waals surface area contributed by atoms with Crippen molar-refractivity contribution < 1.29 is 23.8 Å². The van der Waals surface area contributed by atoms with Crippen molar-refractivity contribution in [2.75, 3.05) is 46.9 Å². The van der Waals surface area contributed by atoms with E-state index in [-0.39, 0.29) is 17.9 Å². The van der Waals surface area contributed by atoms with Crippen molar-refractivity contribution in [1.82, 2.24) is 15.1 Å². The average molecular weight is 510 g/mol. The Labute approximate surface area is 219 Å². The molecule has 4 rings (SSSR count). The summed E-state index contributed by atoms with van der Waals surface area (Å²) in [6.45, 7) is 4.20. The van der Waals surface area contributed by atoms with Crippen LogP contribution in [0.3, 0.4) is 0 Å². The smallest absolute Gasteiger partial charge is 0.410 e. The van der Waals surface area contributed by atoms with Gasteiger partial charge in [-0.1, -0.05) is 36.4 Å². The molecule has 2 fully saturated rings. The summed E-state index contributed by atoms with van der Waals surface area (Å²) >= 11 is 0. The van der Waals surface area contributed by atoms with Gasteiger partial charge in [0.25, 0.3) is 0 Å². The van der Waals surface area contributed by atoms with E-state index >= 15 is 0 Å². The number of amides is 2. The molecular weight excluding hydrogens is 470 g/mol. The summed E-state index contributed by atoms with van der Waals surface area (Å²) in [4.78, 5) is 29.5. The lowest BCUT2D eigenvalue weighted by Crippen LogP contribution is -2.50. The Hall–Kier alpha value is -3.26. The second kappa shape index (κ2) is 13.3. The highest BCUT2D eigenvalue weighted by Crippen LogP contribution is 2.28. The zero-order chi connectivity index (χ0) is 26.0. The molecule has 0 unspecified atom stereocenters. The Bertz CT molecular complexity index is 1020. The van der Waals surface area contributed by atoms with Gasteiger partial charge in [-0.3, -0.25) is 4.79 Å². The number of benzene rings is 2.